The van der Waals surface area contributed by atoms with Crippen molar-refractivity contribution in [2.24, 2.45) is 0 Å². The number of nitrogen functional groups attached to an aromatic ring is 1. The van der Waals surface area contributed by atoms with E-state index in [1.54, 1.807) is 12.4 Å². The van der Waals surface area contributed by atoms with Crippen molar-refractivity contribution in [3.63, 3.8) is 0 Å². The van der Waals surface area contributed by atoms with E-state index in [0.717, 1.165) is 48.0 Å². The Kier molecular flexibility index (Phi) is 5.71. The van der Waals surface area contributed by atoms with E-state index in [2.05, 4.69) is 42.1 Å². The third-order valence-electron chi connectivity index (χ3n) is 4.96. The number of pyridine rings is 2. The number of hydrogen-bond donors (Lipinski definition) is 2. The maximum atomic E-state index is 6.42. The fourth-order valence-electron chi connectivity index (χ4n) is 3.34. The second kappa shape index (κ2) is 8.74. The highest BCUT2D eigenvalue weighted by Crippen LogP contribution is 2.34. The Morgan fingerprint density at radius 2 is 2.14 bits per heavy atom. The number of morpholine rings is 1. The zero-order chi connectivity index (χ0) is 20.1. The number of nitrogens with zero attached hydrogens (tertiary/aromatic N) is 5. The van der Waals surface area contributed by atoms with Gasteiger partial charge >= 0.3 is 0 Å². The molecule has 0 saturated carbocycles. The molecule has 0 atom stereocenters. The standard InChI is InChI=1S/C21H25N7O/c1-27(17-5-3-8-23-15-17)19-14-20(28-10-12-29-13-11-28)25-21(22)18(19)6-2-4-16-7-9-24-26-16/h2-3,5-9,14-15H,4,10-13H2,1H3,(H2,22,25)(H,24,26)/b6-2-. The van der Waals surface area contributed by atoms with Crippen LogP contribution in [0.4, 0.5) is 23.0 Å². The first kappa shape index (κ1) is 18.9. The summed E-state index contributed by atoms with van der Waals surface area (Å²) in [6, 6.07) is 7.99. The highest BCUT2D eigenvalue weighted by molar-refractivity contribution is 5.81. The molecule has 0 amide bonds. The lowest BCUT2D eigenvalue weighted by Gasteiger charge is -2.30. The zero-order valence-corrected chi connectivity index (χ0v) is 16.5. The summed E-state index contributed by atoms with van der Waals surface area (Å²) in [6.07, 6.45) is 10.2. The molecule has 3 N–H and O–H groups in total. The molecule has 0 unspecified atom stereocenters. The maximum absolute atomic E-state index is 6.42. The van der Waals surface area contributed by atoms with Crippen LogP contribution >= 0.6 is 0 Å². The van der Waals surface area contributed by atoms with Gasteiger partial charge in [-0.05, 0) is 18.2 Å². The van der Waals surface area contributed by atoms with Crippen molar-refractivity contribution in [1.29, 1.82) is 0 Å². The van der Waals surface area contributed by atoms with Crippen LogP contribution in [0, 0.1) is 0 Å². The van der Waals surface area contributed by atoms with Crippen molar-refractivity contribution < 1.29 is 4.74 Å². The summed E-state index contributed by atoms with van der Waals surface area (Å²) in [5.74, 6) is 1.36. The predicted octanol–water partition coefficient (Wildman–Crippen LogP) is 2.64. The van der Waals surface area contributed by atoms with Crippen molar-refractivity contribution in [1.82, 2.24) is 20.2 Å². The summed E-state index contributed by atoms with van der Waals surface area (Å²) in [5.41, 5.74) is 10.3. The lowest BCUT2D eigenvalue weighted by Crippen LogP contribution is -2.37. The van der Waals surface area contributed by atoms with Gasteiger partial charge in [0.15, 0.2) is 0 Å². The predicted molar refractivity (Wildman–Crippen MR) is 115 cm³/mol. The average molecular weight is 391 g/mol. The zero-order valence-electron chi connectivity index (χ0n) is 16.5. The number of allylic oxidation sites excluding steroid dienone is 1. The molecule has 0 aromatic carbocycles. The first-order valence-electron chi connectivity index (χ1n) is 9.64. The highest BCUT2D eigenvalue weighted by atomic mass is 16.5. The Balaban J connectivity index is 1.70. The topological polar surface area (TPSA) is 96.2 Å². The largest absolute Gasteiger partial charge is 0.383 e. The summed E-state index contributed by atoms with van der Waals surface area (Å²) in [7, 11) is 2.01. The van der Waals surface area contributed by atoms with Crippen LogP contribution < -0.4 is 15.5 Å². The van der Waals surface area contributed by atoms with Crippen LogP contribution in [-0.2, 0) is 11.2 Å². The van der Waals surface area contributed by atoms with Crippen molar-refractivity contribution in [2.75, 3.05) is 48.9 Å². The molecule has 8 nitrogen and oxygen atoms in total. The maximum Gasteiger partial charge on any atom is 0.135 e. The third-order valence-corrected chi connectivity index (χ3v) is 4.96. The molecule has 1 aliphatic rings. The fraction of sp³-hybridized carbons (Fsp3) is 0.286. The van der Waals surface area contributed by atoms with E-state index in [-0.39, 0.29) is 0 Å². The van der Waals surface area contributed by atoms with Gasteiger partial charge in [-0.15, -0.1) is 0 Å². The van der Waals surface area contributed by atoms with E-state index in [1.807, 2.05) is 37.5 Å². The van der Waals surface area contributed by atoms with Gasteiger partial charge in [-0.2, -0.15) is 5.10 Å². The smallest absolute Gasteiger partial charge is 0.135 e. The van der Waals surface area contributed by atoms with Crippen LogP contribution in [0.2, 0.25) is 0 Å². The highest BCUT2D eigenvalue weighted by Gasteiger charge is 2.18. The van der Waals surface area contributed by atoms with Crippen molar-refractivity contribution in [3.8, 4) is 0 Å². The van der Waals surface area contributed by atoms with E-state index >= 15 is 0 Å². The van der Waals surface area contributed by atoms with E-state index in [9.17, 15) is 0 Å². The molecule has 0 bridgehead atoms. The number of aromatic amines is 1. The number of nitrogens with one attached hydrogen (secondary N) is 1. The lowest BCUT2D eigenvalue weighted by atomic mass is 10.1. The summed E-state index contributed by atoms with van der Waals surface area (Å²) < 4.78 is 5.47. The molecule has 150 valence electrons. The third kappa shape index (κ3) is 4.38. The minimum atomic E-state index is 0.501. The molecule has 0 spiro atoms. The van der Waals surface area contributed by atoms with E-state index in [4.69, 9.17) is 10.5 Å². The summed E-state index contributed by atoms with van der Waals surface area (Å²) in [5, 5.41) is 6.96. The Morgan fingerprint density at radius 1 is 1.28 bits per heavy atom. The minimum absolute atomic E-state index is 0.501. The number of anilines is 4. The summed E-state index contributed by atoms with van der Waals surface area (Å²) >= 11 is 0. The molecule has 0 aliphatic carbocycles. The van der Waals surface area contributed by atoms with Crippen molar-refractivity contribution in [3.05, 3.63) is 60.2 Å². The first-order valence-corrected chi connectivity index (χ1v) is 9.64. The Morgan fingerprint density at radius 3 is 2.86 bits per heavy atom. The van der Waals surface area contributed by atoms with Crippen molar-refractivity contribution in [2.45, 2.75) is 6.42 Å². The second-order valence-electron chi connectivity index (χ2n) is 6.86. The van der Waals surface area contributed by atoms with Gasteiger partial charge in [0, 0.05) is 56.3 Å². The molecule has 8 heteroatoms. The van der Waals surface area contributed by atoms with Gasteiger partial charge in [-0.1, -0.05) is 12.2 Å². The number of nitrogens with two attached hydrogens (primary N) is 1. The van der Waals surface area contributed by atoms with Crippen molar-refractivity contribution >= 4 is 29.1 Å². The van der Waals surface area contributed by atoms with Gasteiger partial charge in [-0.3, -0.25) is 10.1 Å². The molecule has 1 fully saturated rings. The fourth-order valence-corrected chi connectivity index (χ4v) is 3.34. The van der Waals surface area contributed by atoms with Crippen LogP contribution in [0.25, 0.3) is 6.08 Å². The van der Waals surface area contributed by atoms with Crippen LogP contribution in [0.5, 0.6) is 0 Å². The van der Waals surface area contributed by atoms with Crippen LogP contribution in [-0.4, -0.2) is 53.5 Å². The lowest BCUT2D eigenvalue weighted by molar-refractivity contribution is 0.122. The molecular weight excluding hydrogens is 366 g/mol. The van der Waals surface area contributed by atoms with Gasteiger partial charge in [0.05, 0.1) is 30.8 Å². The number of aromatic nitrogens is 4. The molecule has 4 heterocycles. The van der Waals surface area contributed by atoms with Crippen LogP contribution in [0.3, 0.4) is 0 Å². The number of rotatable bonds is 6. The summed E-state index contributed by atoms with van der Waals surface area (Å²) in [4.78, 5) is 13.2. The monoisotopic (exact) mass is 391 g/mol. The van der Waals surface area contributed by atoms with E-state index in [0.29, 0.717) is 19.0 Å². The molecule has 29 heavy (non-hydrogen) atoms. The molecule has 0 radical (unpaired) electrons. The number of hydrogen-bond acceptors (Lipinski definition) is 7. The first-order chi connectivity index (χ1) is 14.2. The number of H-pyrrole nitrogens is 1. The minimum Gasteiger partial charge on any atom is -0.383 e. The molecule has 1 saturated heterocycles. The second-order valence-corrected chi connectivity index (χ2v) is 6.86. The molecular formula is C21H25N7O. The Bertz CT molecular complexity index is 951. The van der Waals surface area contributed by atoms with Crippen LogP contribution in [0.15, 0.2) is 48.9 Å². The summed E-state index contributed by atoms with van der Waals surface area (Å²) in [6.45, 7) is 3.00. The molecule has 4 rings (SSSR count). The van der Waals surface area contributed by atoms with Gasteiger partial charge in [0.2, 0.25) is 0 Å². The normalized spacial score (nSPS) is 14.4. The van der Waals surface area contributed by atoms with E-state index < -0.39 is 0 Å². The quantitative estimate of drug-likeness (QED) is 0.667. The molecule has 3 aromatic rings. The SMILES string of the molecule is CN(c1cccnc1)c1cc(N2CCOCC2)nc(N)c1/C=C\Cc1ccn[nH]1. The Labute approximate surface area is 170 Å². The molecule has 1 aliphatic heterocycles. The average Bonchev–Trinajstić information content (AvgIpc) is 3.29. The van der Waals surface area contributed by atoms with Gasteiger partial charge in [0.1, 0.15) is 11.6 Å². The Hall–Kier alpha value is -3.39. The van der Waals surface area contributed by atoms with E-state index in [1.165, 1.54) is 0 Å². The van der Waals surface area contributed by atoms with Gasteiger partial charge in [0.25, 0.3) is 0 Å². The van der Waals surface area contributed by atoms with Gasteiger partial charge < -0.3 is 20.3 Å². The van der Waals surface area contributed by atoms with Crippen LogP contribution in [0.1, 0.15) is 11.3 Å². The molecule has 3 aromatic heterocycles. The number of ether oxygens (including phenoxy) is 1. The van der Waals surface area contributed by atoms with Gasteiger partial charge in [-0.25, -0.2) is 4.98 Å².